The van der Waals surface area contributed by atoms with E-state index >= 15 is 0 Å². The molecule has 0 saturated heterocycles. The molecule has 0 aliphatic rings. The van der Waals surface area contributed by atoms with Gasteiger partial charge in [0.25, 0.3) is 0 Å². The number of rotatable bonds is 4. The van der Waals surface area contributed by atoms with E-state index in [1.165, 1.54) is 0 Å². The van der Waals surface area contributed by atoms with Crippen molar-refractivity contribution in [2.45, 2.75) is 39.5 Å². The molecule has 1 aromatic rings. The zero-order chi connectivity index (χ0) is 13.2. The monoisotopic (exact) mass is 256 g/mol. The third-order valence-electron chi connectivity index (χ3n) is 2.63. The predicted molar refractivity (Wildman–Crippen MR) is 68.6 cm³/mol. The number of nitrogen functional groups attached to an aromatic ring is 1. The molecule has 1 rings (SSSR count). The van der Waals surface area contributed by atoms with Crippen molar-refractivity contribution >= 4 is 17.0 Å². The summed E-state index contributed by atoms with van der Waals surface area (Å²) in [5.41, 5.74) is 8.62. The highest BCUT2D eigenvalue weighted by Gasteiger charge is 2.14. The van der Waals surface area contributed by atoms with Gasteiger partial charge in [0.2, 0.25) is 0 Å². The minimum atomic E-state index is -2.56. The zero-order valence-corrected chi connectivity index (χ0v) is 11.3. The second kappa shape index (κ2) is 5.51. The highest BCUT2D eigenvalue weighted by molar-refractivity contribution is 7.74. The van der Waals surface area contributed by atoms with Crippen molar-refractivity contribution in [1.29, 1.82) is 0 Å². The summed E-state index contributed by atoms with van der Waals surface area (Å²) in [7, 11) is 0. The Kier molecular flexibility index (Phi) is 4.54. The van der Waals surface area contributed by atoms with Gasteiger partial charge in [0, 0.05) is 5.69 Å². The molecule has 0 bridgehead atoms. The maximum absolute atomic E-state index is 10.6. The van der Waals surface area contributed by atoms with Gasteiger partial charge in [-0.05, 0) is 35.1 Å². The van der Waals surface area contributed by atoms with Gasteiger partial charge in [-0.15, -0.1) is 0 Å². The van der Waals surface area contributed by atoms with Crippen LogP contribution in [0.2, 0.25) is 0 Å². The van der Waals surface area contributed by atoms with Crippen LogP contribution in [0.25, 0.3) is 0 Å². The Morgan fingerprint density at radius 1 is 1.18 bits per heavy atom. The summed E-state index contributed by atoms with van der Waals surface area (Å²) in [6.45, 7) is 8.03. The van der Waals surface area contributed by atoms with Gasteiger partial charge in [-0.25, -0.2) is 4.21 Å². The zero-order valence-electron chi connectivity index (χ0n) is 10.5. The fraction of sp³-hybridized carbons (Fsp3) is 0.500. The van der Waals surface area contributed by atoms with Crippen LogP contribution in [0, 0.1) is 0 Å². The van der Waals surface area contributed by atoms with E-state index < -0.39 is 11.4 Å². The van der Waals surface area contributed by atoms with Crippen LogP contribution in [0.3, 0.4) is 0 Å². The molecule has 0 heterocycles. The average molecular weight is 256 g/mol. The Hall–Kier alpha value is -1.07. The first kappa shape index (κ1) is 14.0. The Morgan fingerprint density at radius 3 is 1.88 bits per heavy atom. The largest absolute Gasteiger partial charge is 0.740 e. The van der Waals surface area contributed by atoms with Crippen molar-refractivity contribution in [2.24, 2.45) is 0 Å². The van der Waals surface area contributed by atoms with E-state index in [0.29, 0.717) is 5.75 Å². The minimum absolute atomic E-state index is 0.219. The lowest BCUT2D eigenvalue weighted by molar-refractivity contribution is 0.439. The Morgan fingerprint density at radius 2 is 1.59 bits per heavy atom. The van der Waals surface area contributed by atoms with Gasteiger partial charge < -0.3 is 14.5 Å². The van der Waals surface area contributed by atoms with Crippen LogP contribution in [-0.4, -0.2) is 8.76 Å². The van der Waals surface area contributed by atoms with Crippen molar-refractivity contribution in [2.75, 3.05) is 5.73 Å². The Bertz CT molecular complexity index is 401. The van der Waals surface area contributed by atoms with E-state index in [4.69, 9.17) is 9.92 Å². The molecule has 0 saturated carbocycles. The molecule has 1 aromatic carbocycles. The molecule has 1 atom stereocenters. The second-order valence-electron chi connectivity index (χ2n) is 4.61. The highest BCUT2D eigenvalue weighted by atomic mass is 32.2. The van der Waals surface area contributed by atoms with Crippen molar-refractivity contribution < 1.29 is 12.9 Å². The van der Waals surface area contributed by atoms with Crippen LogP contribution in [0.1, 0.15) is 50.7 Å². The van der Waals surface area contributed by atoms with Gasteiger partial charge in [0.1, 0.15) is 17.1 Å². The molecule has 0 fully saturated rings. The summed E-state index contributed by atoms with van der Waals surface area (Å²) < 4.78 is 25.8. The molecule has 0 aliphatic carbocycles. The first-order chi connectivity index (χ1) is 7.82. The van der Waals surface area contributed by atoms with Crippen LogP contribution in [0.5, 0.6) is 5.75 Å². The molecule has 0 radical (unpaired) electrons. The standard InChI is InChI=1S/C12H19NO3S/c1-7(2)10-5-9(16-17(14)15)6-11(8(3)4)12(10)13/h5-8H,13H2,1-4H3,(H,14,15)/p-1. The van der Waals surface area contributed by atoms with E-state index in [0.717, 1.165) is 16.8 Å². The van der Waals surface area contributed by atoms with Crippen LogP contribution >= 0.6 is 0 Å². The summed E-state index contributed by atoms with van der Waals surface area (Å²) >= 11 is -2.56. The molecule has 0 aromatic heterocycles. The van der Waals surface area contributed by atoms with Gasteiger partial charge in [-0.1, -0.05) is 27.7 Å². The highest BCUT2D eigenvalue weighted by Crippen LogP contribution is 2.34. The molecule has 2 N–H and O–H groups in total. The smallest absolute Gasteiger partial charge is 0.139 e. The van der Waals surface area contributed by atoms with E-state index in [1.807, 2.05) is 27.7 Å². The molecule has 4 nitrogen and oxygen atoms in total. The SMILES string of the molecule is CC(C)c1cc(OS(=O)[O-])cc(C(C)C)c1N. The maximum Gasteiger partial charge on any atom is 0.139 e. The lowest BCUT2D eigenvalue weighted by Gasteiger charge is -2.19. The third kappa shape index (κ3) is 3.44. The normalized spacial score (nSPS) is 13.1. The van der Waals surface area contributed by atoms with E-state index in [2.05, 4.69) is 0 Å². The van der Waals surface area contributed by atoms with E-state index in [-0.39, 0.29) is 11.8 Å². The first-order valence-corrected chi connectivity index (χ1v) is 6.53. The minimum Gasteiger partial charge on any atom is -0.740 e. The predicted octanol–water partition coefficient (Wildman–Crippen LogP) is 2.69. The van der Waals surface area contributed by atoms with Crippen molar-refractivity contribution in [3.8, 4) is 5.75 Å². The van der Waals surface area contributed by atoms with Gasteiger partial charge in [0.15, 0.2) is 0 Å². The summed E-state index contributed by atoms with van der Waals surface area (Å²) in [5.74, 6) is 0.757. The average Bonchev–Trinajstić information content (AvgIpc) is 2.18. The van der Waals surface area contributed by atoms with Crippen LogP contribution in [-0.2, 0) is 11.4 Å². The Balaban J connectivity index is 3.31. The summed E-state index contributed by atoms with van der Waals surface area (Å²) in [6, 6.07) is 3.36. The van der Waals surface area contributed by atoms with Gasteiger partial charge in [-0.2, -0.15) is 0 Å². The maximum atomic E-state index is 10.6. The van der Waals surface area contributed by atoms with Crippen LogP contribution < -0.4 is 9.92 Å². The number of hydrogen-bond donors (Lipinski definition) is 1. The fourth-order valence-corrected chi connectivity index (χ4v) is 2.01. The summed E-state index contributed by atoms with van der Waals surface area (Å²) in [6.07, 6.45) is 0. The molecule has 0 spiro atoms. The molecule has 0 aliphatic heterocycles. The van der Waals surface area contributed by atoms with Gasteiger partial charge >= 0.3 is 0 Å². The Labute approximate surface area is 105 Å². The lowest BCUT2D eigenvalue weighted by Crippen LogP contribution is -2.06. The topological polar surface area (TPSA) is 75.4 Å². The number of anilines is 1. The molecule has 1 unspecified atom stereocenters. The molecule has 17 heavy (non-hydrogen) atoms. The number of nitrogens with two attached hydrogens (primary N) is 1. The number of benzene rings is 1. The van der Waals surface area contributed by atoms with Gasteiger partial charge in [0.05, 0.1) is 0 Å². The van der Waals surface area contributed by atoms with E-state index in [9.17, 15) is 8.76 Å². The molecule has 96 valence electrons. The molecular formula is C12H18NO3S-. The van der Waals surface area contributed by atoms with Crippen LogP contribution in [0.4, 0.5) is 5.69 Å². The van der Waals surface area contributed by atoms with Crippen LogP contribution in [0.15, 0.2) is 12.1 Å². The summed E-state index contributed by atoms with van der Waals surface area (Å²) in [4.78, 5) is 0. The fourth-order valence-electron chi connectivity index (χ4n) is 1.75. The number of hydrogen-bond acceptors (Lipinski definition) is 4. The van der Waals surface area contributed by atoms with E-state index in [1.54, 1.807) is 12.1 Å². The molecule has 0 amide bonds. The quantitative estimate of drug-likeness (QED) is 0.663. The first-order valence-electron chi connectivity index (χ1n) is 5.53. The van der Waals surface area contributed by atoms with Crippen molar-refractivity contribution in [3.63, 3.8) is 0 Å². The third-order valence-corrected chi connectivity index (χ3v) is 2.95. The second-order valence-corrected chi connectivity index (χ2v) is 5.19. The summed E-state index contributed by atoms with van der Waals surface area (Å²) in [5, 5.41) is 0. The van der Waals surface area contributed by atoms with Crippen molar-refractivity contribution in [3.05, 3.63) is 23.3 Å². The lowest BCUT2D eigenvalue weighted by atomic mass is 9.92. The molecular weight excluding hydrogens is 238 g/mol. The van der Waals surface area contributed by atoms with Gasteiger partial charge in [-0.3, -0.25) is 0 Å². The van der Waals surface area contributed by atoms with Crippen molar-refractivity contribution in [1.82, 2.24) is 0 Å². The molecule has 5 heteroatoms.